The number of aromatic nitrogens is 3. The number of benzene rings is 3. The van der Waals surface area contributed by atoms with Crippen LogP contribution < -0.4 is 16.0 Å². The standard InChI is InChI=1S/C27H26N4O2.C2H4O2/c1-18-7-5-10-23-25(18)30-27(32)26(29-23)22-16-31(14-6-13-28)24-12-11-20(15-21(22)24)33-17-19-8-3-2-4-9-19;1-2(3)4/h2-5,7-12,15-16H,6,13-14,17,28H2,1H3,(H,30,32);1H3,(H,3,4). The van der Waals surface area contributed by atoms with E-state index in [0.29, 0.717) is 18.8 Å². The van der Waals surface area contributed by atoms with Crippen molar-refractivity contribution in [3.63, 3.8) is 0 Å². The topological polar surface area (TPSA) is 123 Å². The van der Waals surface area contributed by atoms with Crippen molar-refractivity contribution in [3.8, 4) is 17.0 Å². The number of para-hydroxylation sites is 1. The maximum Gasteiger partial charge on any atom is 0.300 e. The molecule has 4 N–H and O–H groups in total. The number of hydrogen-bond acceptors (Lipinski definition) is 5. The minimum Gasteiger partial charge on any atom is -0.489 e. The van der Waals surface area contributed by atoms with Crippen LogP contribution in [0.25, 0.3) is 33.2 Å². The van der Waals surface area contributed by atoms with Crippen molar-refractivity contribution in [1.82, 2.24) is 14.5 Å². The number of nitrogens with zero attached hydrogens (tertiary/aromatic N) is 2. The first-order valence-corrected chi connectivity index (χ1v) is 12.1. The van der Waals surface area contributed by atoms with Crippen LogP contribution in [-0.4, -0.2) is 32.2 Å². The Kier molecular flexibility index (Phi) is 8.00. The smallest absolute Gasteiger partial charge is 0.300 e. The van der Waals surface area contributed by atoms with Crippen LogP contribution in [0.5, 0.6) is 5.75 Å². The average Bonchev–Trinajstić information content (AvgIpc) is 3.24. The lowest BCUT2D eigenvalue weighted by molar-refractivity contribution is -0.134. The van der Waals surface area contributed by atoms with Crippen LogP contribution in [0.2, 0.25) is 0 Å². The van der Waals surface area contributed by atoms with Crippen molar-refractivity contribution in [2.24, 2.45) is 5.73 Å². The van der Waals surface area contributed by atoms with E-state index in [1.54, 1.807) is 0 Å². The van der Waals surface area contributed by atoms with E-state index in [0.717, 1.165) is 64.3 Å². The van der Waals surface area contributed by atoms with Crippen molar-refractivity contribution in [2.75, 3.05) is 6.54 Å². The predicted octanol–water partition coefficient (Wildman–Crippen LogP) is 4.87. The van der Waals surface area contributed by atoms with E-state index in [1.807, 2.05) is 79.9 Å². The maximum absolute atomic E-state index is 13.1. The summed E-state index contributed by atoms with van der Waals surface area (Å²) in [6, 6.07) is 21.9. The van der Waals surface area contributed by atoms with Gasteiger partial charge < -0.3 is 25.1 Å². The van der Waals surface area contributed by atoms with Crippen molar-refractivity contribution >= 4 is 27.9 Å². The normalized spacial score (nSPS) is 10.8. The highest BCUT2D eigenvalue weighted by Crippen LogP contribution is 2.32. The fraction of sp³-hybridized carbons (Fsp3) is 0.207. The summed E-state index contributed by atoms with van der Waals surface area (Å²) in [7, 11) is 0. The minimum absolute atomic E-state index is 0.203. The fourth-order valence-corrected chi connectivity index (χ4v) is 4.18. The Morgan fingerprint density at radius 3 is 2.59 bits per heavy atom. The Morgan fingerprint density at radius 1 is 1.11 bits per heavy atom. The third kappa shape index (κ3) is 6.05. The van der Waals surface area contributed by atoms with Crippen LogP contribution in [0.3, 0.4) is 0 Å². The summed E-state index contributed by atoms with van der Waals surface area (Å²) in [6.45, 7) is 4.89. The van der Waals surface area contributed by atoms with Crippen LogP contribution in [0.1, 0.15) is 24.5 Å². The number of ether oxygens (including phenoxy) is 1. The number of nitrogens with one attached hydrogen (secondary N) is 1. The van der Waals surface area contributed by atoms with Gasteiger partial charge in [-0.3, -0.25) is 9.59 Å². The quantitative estimate of drug-likeness (QED) is 0.294. The summed E-state index contributed by atoms with van der Waals surface area (Å²) in [5.74, 6) is -0.0859. The van der Waals surface area contributed by atoms with E-state index in [9.17, 15) is 4.79 Å². The van der Waals surface area contributed by atoms with Gasteiger partial charge in [-0.25, -0.2) is 4.98 Å². The second kappa shape index (κ2) is 11.5. The zero-order valence-corrected chi connectivity index (χ0v) is 20.9. The van der Waals surface area contributed by atoms with E-state index in [1.165, 1.54) is 0 Å². The molecule has 0 spiro atoms. The molecular weight excluding hydrogens is 468 g/mol. The summed E-state index contributed by atoms with van der Waals surface area (Å²) < 4.78 is 8.20. The van der Waals surface area contributed by atoms with Crippen LogP contribution in [0.15, 0.2) is 77.7 Å². The molecule has 3 aromatic carbocycles. The number of fused-ring (bicyclic) bond motifs is 2. The van der Waals surface area contributed by atoms with Gasteiger partial charge in [-0.05, 0) is 55.3 Å². The molecule has 0 atom stereocenters. The van der Waals surface area contributed by atoms with Gasteiger partial charge >= 0.3 is 0 Å². The molecule has 190 valence electrons. The fourth-order valence-electron chi connectivity index (χ4n) is 4.18. The third-order valence-corrected chi connectivity index (χ3v) is 5.90. The van der Waals surface area contributed by atoms with E-state index in [-0.39, 0.29) is 5.56 Å². The molecule has 5 aromatic rings. The predicted molar refractivity (Wildman–Crippen MR) is 146 cm³/mol. The zero-order chi connectivity index (χ0) is 26.4. The lowest BCUT2D eigenvalue weighted by Gasteiger charge is -2.08. The minimum atomic E-state index is -0.833. The van der Waals surface area contributed by atoms with Crippen molar-refractivity contribution < 1.29 is 14.6 Å². The first kappa shape index (κ1) is 25.7. The molecule has 37 heavy (non-hydrogen) atoms. The molecule has 0 amide bonds. The van der Waals surface area contributed by atoms with Gasteiger partial charge in [0.25, 0.3) is 11.5 Å². The van der Waals surface area contributed by atoms with E-state index >= 15 is 0 Å². The zero-order valence-electron chi connectivity index (χ0n) is 20.9. The second-order valence-electron chi connectivity index (χ2n) is 8.73. The first-order chi connectivity index (χ1) is 17.9. The molecule has 0 aliphatic rings. The summed E-state index contributed by atoms with van der Waals surface area (Å²) >= 11 is 0. The van der Waals surface area contributed by atoms with Gasteiger partial charge in [0.05, 0.1) is 11.0 Å². The molecule has 0 radical (unpaired) electrons. The molecule has 5 rings (SSSR count). The number of carbonyl (C=O) groups is 1. The van der Waals surface area contributed by atoms with Crippen LogP contribution in [0, 0.1) is 6.92 Å². The lowest BCUT2D eigenvalue weighted by Crippen LogP contribution is -2.12. The van der Waals surface area contributed by atoms with E-state index < -0.39 is 5.97 Å². The number of aromatic amines is 1. The lowest BCUT2D eigenvalue weighted by atomic mass is 10.1. The van der Waals surface area contributed by atoms with Gasteiger partial charge in [0.1, 0.15) is 18.1 Å². The van der Waals surface area contributed by atoms with Gasteiger partial charge in [-0.2, -0.15) is 0 Å². The highest BCUT2D eigenvalue weighted by Gasteiger charge is 2.17. The van der Waals surface area contributed by atoms with Crippen LogP contribution in [0.4, 0.5) is 0 Å². The van der Waals surface area contributed by atoms with Gasteiger partial charge in [-0.15, -0.1) is 0 Å². The Labute approximate surface area is 214 Å². The van der Waals surface area contributed by atoms with Gasteiger partial charge in [0.15, 0.2) is 0 Å². The molecule has 8 heteroatoms. The Morgan fingerprint density at radius 2 is 1.86 bits per heavy atom. The number of carboxylic acids is 1. The van der Waals surface area contributed by atoms with E-state index in [4.69, 9.17) is 25.4 Å². The average molecular weight is 499 g/mol. The number of hydrogen-bond donors (Lipinski definition) is 3. The van der Waals surface area contributed by atoms with E-state index in [2.05, 4.69) is 9.55 Å². The SMILES string of the molecule is CC(=O)O.Cc1cccc2nc(-c3cn(CCCN)c4ccc(OCc5ccccc5)cc34)c(=O)[nH]c12. The van der Waals surface area contributed by atoms with Crippen molar-refractivity contribution in [3.05, 3.63) is 94.4 Å². The second-order valence-corrected chi connectivity index (χ2v) is 8.73. The molecule has 2 heterocycles. The van der Waals surface area contributed by atoms with Crippen LogP contribution in [-0.2, 0) is 17.9 Å². The van der Waals surface area contributed by atoms with Gasteiger partial charge in [0, 0.05) is 36.1 Å². The molecule has 0 unspecified atom stereocenters. The molecule has 0 fully saturated rings. The summed E-state index contributed by atoms with van der Waals surface area (Å²) in [5, 5.41) is 8.35. The Balaban J connectivity index is 0.000000747. The van der Waals surface area contributed by atoms with Gasteiger partial charge in [0.2, 0.25) is 0 Å². The molecular formula is C29H30N4O4. The Bertz CT molecular complexity index is 1580. The third-order valence-electron chi connectivity index (χ3n) is 5.90. The van der Waals surface area contributed by atoms with Crippen LogP contribution >= 0.6 is 0 Å². The highest BCUT2D eigenvalue weighted by atomic mass is 16.5. The maximum atomic E-state index is 13.1. The number of rotatable bonds is 7. The highest BCUT2D eigenvalue weighted by molar-refractivity contribution is 5.96. The number of aliphatic carboxylic acids is 1. The first-order valence-electron chi connectivity index (χ1n) is 12.1. The molecule has 0 saturated carbocycles. The molecule has 8 nitrogen and oxygen atoms in total. The summed E-state index contributed by atoms with van der Waals surface area (Å²) in [5.41, 5.74) is 11.4. The molecule has 0 saturated heterocycles. The number of aryl methyl sites for hydroxylation is 2. The largest absolute Gasteiger partial charge is 0.489 e. The molecule has 0 aliphatic carbocycles. The summed E-state index contributed by atoms with van der Waals surface area (Å²) in [4.78, 5) is 29.8. The summed E-state index contributed by atoms with van der Waals surface area (Å²) in [6.07, 6.45) is 2.84. The molecule has 0 aliphatic heterocycles. The van der Waals surface area contributed by atoms with Crippen molar-refractivity contribution in [2.45, 2.75) is 33.4 Å². The number of nitrogens with two attached hydrogens (primary N) is 1. The Hall–Kier alpha value is -4.43. The molecule has 2 aromatic heterocycles. The van der Waals surface area contributed by atoms with Crippen molar-refractivity contribution in [1.29, 1.82) is 0 Å². The number of H-pyrrole nitrogens is 1. The van der Waals surface area contributed by atoms with Gasteiger partial charge in [-0.1, -0.05) is 42.5 Å². The molecule has 0 bridgehead atoms. The monoisotopic (exact) mass is 498 g/mol. The number of carboxylic acid groups (broad SMARTS) is 1.